The second-order valence-electron chi connectivity index (χ2n) is 3.19. The number of nitrogens with zero attached hydrogens (tertiary/aromatic N) is 1. The molecule has 0 unspecified atom stereocenters. The van der Waals surface area contributed by atoms with Crippen LogP contribution < -0.4 is 0 Å². The monoisotopic (exact) mass is 140 g/mol. The molecule has 59 valence electrons. The van der Waals surface area contributed by atoms with Crippen LogP contribution in [0.5, 0.6) is 0 Å². The molecule has 0 heterocycles. The molecule has 1 fully saturated rings. The van der Waals surface area contributed by atoms with Crippen molar-refractivity contribution in [3.8, 4) is 0 Å². The van der Waals surface area contributed by atoms with Gasteiger partial charge in [-0.3, -0.25) is 4.90 Å². The molecule has 1 nitrogen and oxygen atoms in total. The Morgan fingerprint density at radius 3 is 2.40 bits per heavy atom. The van der Waals surface area contributed by atoms with E-state index in [4.69, 9.17) is 0 Å². The highest BCUT2D eigenvalue weighted by molar-refractivity contribution is 4.92. The predicted molar refractivity (Wildman–Crippen MR) is 44.6 cm³/mol. The van der Waals surface area contributed by atoms with Gasteiger partial charge in [0, 0.05) is 6.04 Å². The zero-order valence-corrected chi connectivity index (χ0v) is 7.19. The van der Waals surface area contributed by atoms with E-state index >= 15 is 0 Å². The highest BCUT2D eigenvalue weighted by Crippen LogP contribution is 2.28. The van der Waals surface area contributed by atoms with Gasteiger partial charge in [0.25, 0.3) is 0 Å². The lowest BCUT2D eigenvalue weighted by molar-refractivity contribution is 0.335. The molecule has 0 bridgehead atoms. The van der Waals surface area contributed by atoms with Gasteiger partial charge in [-0.2, -0.15) is 0 Å². The van der Waals surface area contributed by atoms with Crippen molar-refractivity contribution < 1.29 is 0 Å². The predicted octanol–water partition coefficient (Wildman–Crippen LogP) is 2.43. The highest BCUT2D eigenvalue weighted by atomic mass is 15.1. The number of hydrogen-bond donors (Lipinski definition) is 0. The molecule has 0 N–H and O–H groups in total. The Bertz CT molecular complexity index is 84.7. The van der Waals surface area contributed by atoms with E-state index in [-0.39, 0.29) is 0 Å². The molecule has 1 aliphatic rings. The molecule has 0 spiro atoms. The van der Waals surface area contributed by atoms with E-state index in [0.717, 1.165) is 0 Å². The Morgan fingerprint density at radius 2 is 1.90 bits per heavy atom. The van der Waals surface area contributed by atoms with Crippen LogP contribution in [-0.2, 0) is 0 Å². The van der Waals surface area contributed by atoms with Crippen LogP contribution in [0.1, 0.15) is 39.0 Å². The van der Waals surface area contributed by atoms with Crippen LogP contribution in [0.4, 0.5) is 0 Å². The van der Waals surface area contributed by atoms with Crippen molar-refractivity contribution in [2.24, 2.45) is 0 Å². The average molecular weight is 140 g/mol. The van der Waals surface area contributed by atoms with Gasteiger partial charge < -0.3 is 0 Å². The Kier molecular flexibility index (Phi) is 3.20. The van der Waals surface area contributed by atoms with E-state index in [9.17, 15) is 0 Å². The Morgan fingerprint density at radius 1 is 1.30 bits per heavy atom. The van der Waals surface area contributed by atoms with Crippen molar-refractivity contribution in [3.63, 3.8) is 0 Å². The SMILES string of the molecule is CCCN(C)[C]1CCCC1. The standard InChI is InChI=1S/C9H18N/c1-3-8-10(2)9-6-4-5-7-9/h3-8H2,1-2H3. The van der Waals surface area contributed by atoms with E-state index in [1.807, 2.05) is 0 Å². The minimum atomic E-state index is 1.25. The summed E-state index contributed by atoms with van der Waals surface area (Å²) in [5, 5.41) is 0. The smallest absolute Gasteiger partial charge is 0.0390 e. The molecule has 1 aliphatic carbocycles. The summed E-state index contributed by atoms with van der Waals surface area (Å²) in [7, 11) is 2.23. The Balaban J connectivity index is 2.18. The molecule has 0 aliphatic heterocycles. The van der Waals surface area contributed by atoms with Gasteiger partial charge in [-0.25, -0.2) is 0 Å². The van der Waals surface area contributed by atoms with Gasteiger partial charge in [0.1, 0.15) is 0 Å². The summed E-state index contributed by atoms with van der Waals surface area (Å²) in [4.78, 5) is 2.44. The minimum Gasteiger partial charge on any atom is -0.299 e. The number of hydrogen-bond acceptors (Lipinski definition) is 1. The van der Waals surface area contributed by atoms with Gasteiger partial charge >= 0.3 is 0 Å². The topological polar surface area (TPSA) is 3.24 Å². The maximum Gasteiger partial charge on any atom is 0.0390 e. The van der Waals surface area contributed by atoms with E-state index in [0.29, 0.717) is 0 Å². The normalized spacial score (nSPS) is 20.7. The van der Waals surface area contributed by atoms with Crippen molar-refractivity contribution >= 4 is 0 Å². The first-order chi connectivity index (χ1) is 4.84. The first-order valence-electron chi connectivity index (χ1n) is 4.40. The third-order valence-electron chi connectivity index (χ3n) is 2.28. The summed E-state index contributed by atoms with van der Waals surface area (Å²) in [5.41, 5.74) is 0. The molecule has 0 saturated heterocycles. The minimum absolute atomic E-state index is 1.25. The highest BCUT2D eigenvalue weighted by Gasteiger charge is 2.18. The first-order valence-corrected chi connectivity index (χ1v) is 4.40. The van der Waals surface area contributed by atoms with Crippen molar-refractivity contribution in [1.82, 2.24) is 4.90 Å². The fraction of sp³-hybridized carbons (Fsp3) is 0.889. The molecule has 0 aromatic heterocycles. The molecule has 1 radical (unpaired) electrons. The van der Waals surface area contributed by atoms with Crippen LogP contribution in [0, 0.1) is 6.04 Å². The Labute approximate surface area is 64.4 Å². The lowest BCUT2D eigenvalue weighted by Crippen LogP contribution is -2.22. The van der Waals surface area contributed by atoms with Crippen LogP contribution in [0.3, 0.4) is 0 Å². The molecule has 1 saturated carbocycles. The zero-order valence-electron chi connectivity index (χ0n) is 7.19. The molecule has 10 heavy (non-hydrogen) atoms. The summed E-state index contributed by atoms with van der Waals surface area (Å²) in [5.74, 6) is 0. The van der Waals surface area contributed by atoms with Crippen LogP contribution in [0.2, 0.25) is 0 Å². The third kappa shape index (κ3) is 1.98. The van der Waals surface area contributed by atoms with Gasteiger partial charge in [-0.15, -0.1) is 0 Å². The van der Waals surface area contributed by atoms with Crippen molar-refractivity contribution in [2.75, 3.05) is 13.6 Å². The molecular weight excluding hydrogens is 122 g/mol. The fourth-order valence-corrected chi connectivity index (χ4v) is 1.66. The molecule has 0 atom stereocenters. The summed E-state index contributed by atoms with van der Waals surface area (Å²) >= 11 is 0. The van der Waals surface area contributed by atoms with Crippen LogP contribution in [-0.4, -0.2) is 18.5 Å². The van der Waals surface area contributed by atoms with Crippen LogP contribution in [0.25, 0.3) is 0 Å². The maximum absolute atomic E-state index is 2.44. The van der Waals surface area contributed by atoms with E-state index in [1.165, 1.54) is 38.6 Å². The van der Waals surface area contributed by atoms with E-state index in [2.05, 4.69) is 18.9 Å². The van der Waals surface area contributed by atoms with E-state index < -0.39 is 0 Å². The summed E-state index contributed by atoms with van der Waals surface area (Å²) in [6.07, 6.45) is 6.83. The van der Waals surface area contributed by atoms with Gasteiger partial charge in [0.05, 0.1) is 0 Å². The van der Waals surface area contributed by atoms with E-state index in [1.54, 1.807) is 6.04 Å². The maximum atomic E-state index is 2.44. The van der Waals surface area contributed by atoms with Gasteiger partial charge in [0.15, 0.2) is 0 Å². The number of rotatable bonds is 3. The van der Waals surface area contributed by atoms with Crippen molar-refractivity contribution in [1.29, 1.82) is 0 Å². The zero-order chi connectivity index (χ0) is 7.40. The first kappa shape index (κ1) is 8.06. The van der Waals surface area contributed by atoms with Gasteiger partial charge in [0.2, 0.25) is 0 Å². The third-order valence-corrected chi connectivity index (χ3v) is 2.28. The van der Waals surface area contributed by atoms with Crippen LogP contribution >= 0.6 is 0 Å². The summed E-state index contributed by atoms with van der Waals surface area (Å²) < 4.78 is 0. The summed E-state index contributed by atoms with van der Waals surface area (Å²) in [6, 6.07) is 1.68. The molecule has 0 aromatic carbocycles. The second-order valence-corrected chi connectivity index (χ2v) is 3.19. The van der Waals surface area contributed by atoms with Gasteiger partial charge in [-0.05, 0) is 32.9 Å². The fourth-order valence-electron chi connectivity index (χ4n) is 1.66. The second kappa shape index (κ2) is 3.97. The molecular formula is C9H18N. The summed E-state index contributed by atoms with van der Waals surface area (Å²) in [6.45, 7) is 3.49. The largest absolute Gasteiger partial charge is 0.299 e. The Hall–Kier alpha value is -0.0400. The molecule has 0 aromatic rings. The molecule has 0 amide bonds. The quantitative estimate of drug-likeness (QED) is 0.582. The molecule has 1 heteroatoms. The van der Waals surface area contributed by atoms with Crippen molar-refractivity contribution in [2.45, 2.75) is 39.0 Å². The molecule has 1 rings (SSSR count). The van der Waals surface area contributed by atoms with Gasteiger partial charge in [-0.1, -0.05) is 19.8 Å². The van der Waals surface area contributed by atoms with Crippen LogP contribution in [0.15, 0.2) is 0 Å². The lowest BCUT2D eigenvalue weighted by Gasteiger charge is -2.21. The van der Waals surface area contributed by atoms with Crippen molar-refractivity contribution in [3.05, 3.63) is 6.04 Å². The lowest BCUT2D eigenvalue weighted by atomic mass is 10.2. The average Bonchev–Trinajstić information content (AvgIpc) is 2.38.